The van der Waals surface area contributed by atoms with Crippen LogP contribution >= 0.6 is 11.6 Å². The third-order valence-electron chi connectivity index (χ3n) is 3.46. The van der Waals surface area contributed by atoms with Gasteiger partial charge in [0.2, 0.25) is 0 Å². The maximum atomic E-state index is 12.5. The van der Waals surface area contributed by atoms with Crippen LogP contribution in [0.15, 0.2) is 41.8 Å². The van der Waals surface area contributed by atoms with Crippen molar-refractivity contribution in [2.45, 2.75) is 6.92 Å². The van der Waals surface area contributed by atoms with Crippen molar-refractivity contribution < 1.29 is 19.2 Å². The molecule has 0 saturated heterocycles. The summed E-state index contributed by atoms with van der Waals surface area (Å²) in [7, 11) is 0. The Morgan fingerprint density at radius 1 is 1.27 bits per heavy atom. The minimum Gasteiger partial charge on any atom is -0.426 e. The van der Waals surface area contributed by atoms with E-state index in [4.69, 9.17) is 16.3 Å². The number of benzene rings is 1. The highest BCUT2D eigenvalue weighted by atomic mass is 35.5. The number of carbonyl (C=O) groups is 2. The molecule has 0 aliphatic carbocycles. The fourth-order valence-electron chi connectivity index (χ4n) is 2.23. The van der Waals surface area contributed by atoms with E-state index in [1.165, 1.54) is 43.6 Å². The van der Waals surface area contributed by atoms with E-state index in [1.807, 2.05) is 0 Å². The van der Waals surface area contributed by atoms with Crippen molar-refractivity contribution in [3.8, 4) is 5.75 Å². The van der Waals surface area contributed by atoms with Gasteiger partial charge in [0, 0.05) is 12.1 Å². The van der Waals surface area contributed by atoms with Gasteiger partial charge < -0.3 is 4.74 Å². The monoisotopic (exact) mass is 375 g/mol. The molecule has 0 saturated carbocycles. The molecular formula is C15H10ClN5O5. The first-order chi connectivity index (χ1) is 12.4. The van der Waals surface area contributed by atoms with E-state index in [0.717, 1.165) is 5.01 Å². The fourth-order valence-corrected chi connectivity index (χ4v) is 2.32. The van der Waals surface area contributed by atoms with Gasteiger partial charge in [-0.25, -0.2) is 9.97 Å². The zero-order valence-electron chi connectivity index (χ0n) is 13.2. The van der Waals surface area contributed by atoms with Gasteiger partial charge in [-0.3, -0.25) is 19.7 Å². The Hall–Kier alpha value is -3.40. The normalized spacial score (nSPS) is 16.4. The summed E-state index contributed by atoms with van der Waals surface area (Å²) in [4.78, 5) is 42.6. The zero-order valence-corrected chi connectivity index (χ0v) is 14.0. The van der Waals surface area contributed by atoms with E-state index in [1.54, 1.807) is 0 Å². The second-order valence-corrected chi connectivity index (χ2v) is 5.58. The van der Waals surface area contributed by atoms with Crippen LogP contribution in [0.25, 0.3) is 0 Å². The van der Waals surface area contributed by atoms with E-state index < -0.39 is 22.7 Å². The number of ether oxygens (including phenoxy) is 1. The van der Waals surface area contributed by atoms with Crippen LogP contribution < -0.4 is 9.75 Å². The average Bonchev–Trinajstić information content (AvgIpc) is 2.90. The molecule has 1 unspecified atom stereocenters. The topological polar surface area (TPSA) is 128 Å². The lowest BCUT2D eigenvalue weighted by molar-refractivity contribution is -0.384. The summed E-state index contributed by atoms with van der Waals surface area (Å²) < 4.78 is 5.13. The highest BCUT2D eigenvalue weighted by Crippen LogP contribution is 2.24. The molecule has 0 N–H and O–H groups in total. The Kier molecular flexibility index (Phi) is 4.59. The number of nitro benzene ring substituents is 1. The predicted octanol–water partition coefficient (Wildman–Crippen LogP) is 1.98. The molecule has 1 atom stereocenters. The number of hydrazone groups is 1. The van der Waals surface area contributed by atoms with Crippen LogP contribution in [0.3, 0.4) is 0 Å². The molecule has 10 nitrogen and oxygen atoms in total. The third-order valence-corrected chi connectivity index (χ3v) is 3.65. The molecule has 1 amide bonds. The van der Waals surface area contributed by atoms with Crippen molar-refractivity contribution in [1.82, 2.24) is 9.97 Å². The van der Waals surface area contributed by atoms with E-state index in [-0.39, 0.29) is 28.1 Å². The molecule has 2 heterocycles. The van der Waals surface area contributed by atoms with Gasteiger partial charge in [0.1, 0.15) is 10.9 Å². The minimum atomic E-state index is -1.25. The number of halogens is 1. The highest BCUT2D eigenvalue weighted by molar-refractivity contribution is 6.29. The van der Waals surface area contributed by atoms with Gasteiger partial charge in [-0.15, -0.1) is 0 Å². The Bertz CT molecular complexity index is 913. The second kappa shape index (κ2) is 6.84. The Morgan fingerprint density at radius 2 is 1.96 bits per heavy atom. The molecule has 132 valence electrons. The number of amides is 1. The second-order valence-electron chi connectivity index (χ2n) is 5.19. The van der Waals surface area contributed by atoms with Crippen molar-refractivity contribution in [1.29, 1.82) is 0 Å². The molecule has 1 aromatic heterocycles. The van der Waals surface area contributed by atoms with Gasteiger partial charge in [0.15, 0.2) is 11.7 Å². The van der Waals surface area contributed by atoms with E-state index >= 15 is 0 Å². The molecule has 26 heavy (non-hydrogen) atoms. The molecule has 2 aromatic rings. The van der Waals surface area contributed by atoms with Crippen LogP contribution in [0, 0.1) is 16.0 Å². The van der Waals surface area contributed by atoms with Crippen LogP contribution in [0.4, 0.5) is 11.5 Å². The molecule has 0 radical (unpaired) electrons. The first kappa shape index (κ1) is 17.4. The van der Waals surface area contributed by atoms with E-state index in [9.17, 15) is 19.7 Å². The fraction of sp³-hybridized carbons (Fsp3) is 0.133. The SMILES string of the molecule is CC1=NN(c2cnc(Cl)cn2)C(=O)C1C(=O)Oc1ccc([N+](=O)[O-])cc1. The van der Waals surface area contributed by atoms with Crippen molar-refractivity contribution in [2.24, 2.45) is 11.0 Å². The summed E-state index contributed by atoms with van der Waals surface area (Å²) in [6, 6.07) is 4.92. The summed E-state index contributed by atoms with van der Waals surface area (Å²) >= 11 is 5.65. The molecule has 1 aliphatic rings. The van der Waals surface area contributed by atoms with Crippen LogP contribution in [0.2, 0.25) is 5.15 Å². The van der Waals surface area contributed by atoms with Gasteiger partial charge in [0.25, 0.3) is 11.6 Å². The quantitative estimate of drug-likeness (QED) is 0.263. The van der Waals surface area contributed by atoms with Crippen molar-refractivity contribution in [3.63, 3.8) is 0 Å². The lowest BCUT2D eigenvalue weighted by atomic mass is 10.1. The Labute approximate surface area is 151 Å². The highest BCUT2D eigenvalue weighted by Gasteiger charge is 2.41. The maximum absolute atomic E-state index is 12.5. The number of rotatable bonds is 4. The van der Waals surface area contributed by atoms with Crippen LogP contribution in [-0.4, -0.2) is 32.5 Å². The molecule has 0 fully saturated rings. The molecule has 1 aromatic carbocycles. The zero-order chi connectivity index (χ0) is 18.8. The number of aromatic nitrogens is 2. The van der Waals surface area contributed by atoms with Gasteiger partial charge >= 0.3 is 5.97 Å². The molecule has 1 aliphatic heterocycles. The lowest BCUT2D eigenvalue weighted by Gasteiger charge is -2.12. The van der Waals surface area contributed by atoms with Crippen molar-refractivity contribution >= 4 is 40.7 Å². The molecule has 0 bridgehead atoms. The first-order valence-corrected chi connectivity index (χ1v) is 7.57. The summed E-state index contributed by atoms with van der Waals surface area (Å²) in [6.07, 6.45) is 2.50. The summed E-state index contributed by atoms with van der Waals surface area (Å²) in [5, 5.41) is 15.7. The number of esters is 1. The van der Waals surface area contributed by atoms with Gasteiger partial charge in [-0.2, -0.15) is 10.1 Å². The number of carbonyl (C=O) groups excluding carboxylic acids is 2. The Balaban J connectivity index is 1.75. The van der Waals surface area contributed by atoms with Crippen LogP contribution in [-0.2, 0) is 9.59 Å². The number of non-ortho nitro benzene ring substituents is 1. The average molecular weight is 376 g/mol. The van der Waals surface area contributed by atoms with E-state index in [2.05, 4.69) is 15.1 Å². The standard InChI is InChI=1S/C15H10ClN5O5/c1-8-13(14(22)20(19-8)12-7-17-11(16)6-18-12)15(23)26-10-4-2-9(3-5-10)21(24)25/h2-7,13H,1H3. The van der Waals surface area contributed by atoms with Gasteiger partial charge in [-0.1, -0.05) is 11.6 Å². The molecule has 11 heteroatoms. The molecule has 3 rings (SSSR count). The number of anilines is 1. The van der Waals surface area contributed by atoms with Crippen molar-refractivity contribution in [3.05, 3.63) is 51.9 Å². The molecule has 0 spiro atoms. The van der Waals surface area contributed by atoms with Crippen LogP contribution in [0.1, 0.15) is 6.92 Å². The van der Waals surface area contributed by atoms with Crippen molar-refractivity contribution in [2.75, 3.05) is 5.01 Å². The Morgan fingerprint density at radius 3 is 2.54 bits per heavy atom. The number of nitro groups is 1. The smallest absolute Gasteiger partial charge is 0.329 e. The van der Waals surface area contributed by atoms with Gasteiger partial charge in [0.05, 0.1) is 23.0 Å². The van der Waals surface area contributed by atoms with E-state index in [0.29, 0.717) is 0 Å². The summed E-state index contributed by atoms with van der Waals surface area (Å²) in [6.45, 7) is 1.50. The van der Waals surface area contributed by atoms with Gasteiger partial charge in [-0.05, 0) is 19.1 Å². The summed E-state index contributed by atoms with van der Waals surface area (Å²) in [5.41, 5.74) is 0.0747. The third kappa shape index (κ3) is 3.35. The predicted molar refractivity (Wildman–Crippen MR) is 89.9 cm³/mol. The number of hydrogen-bond acceptors (Lipinski definition) is 8. The first-order valence-electron chi connectivity index (χ1n) is 7.19. The van der Waals surface area contributed by atoms with Crippen LogP contribution in [0.5, 0.6) is 5.75 Å². The largest absolute Gasteiger partial charge is 0.426 e. The maximum Gasteiger partial charge on any atom is 0.329 e. The number of nitrogens with zero attached hydrogens (tertiary/aromatic N) is 5. The number of hydrogen-bond donors (Lipinski definition) is 0. The minimum absolute atomic E-state index is 0.0749. The lowest BCUT2D eigenvalue weighted by Crippen LogP contribution is -2.35. The summed E-state index contributed by atoms with van der Waals surface area (Å²) in [5.74, 6) is -2.56. The molecular weight excluding hydrogens is 366 g/mol.